The van der Waals surface area contributed by atoms with Crippen LogP contribution in [0.5, 0.6) is 0 Å². The monoisotopic (exact) mass is 420 g/mol. The molecule has 0 amide bonds. The van der Waals surface area contributed by atoms with Gasteiger partial charge in [0.2, 0.25) is 0 Å². The average molecular weight is 421 g/mol. The van der Waals surface area contributed by atoms with Crippen molar-refractivity contribution in [1.29, 1.82) is 0 Å². The van der Waals surface area contributed by atoms with Crippen LogP contribution in [0.1, 0.15) is 13.3 Å². The highest BCUT2D eigenvalue weighted by molar-refractivity contribution is 7.86. The first-order valence-electron chi connectivity index (χ1n) is 10.3. The second kappa shape index (κ2) is 9.22. The standard InChI is InChI=1S/C18H32N2O7S/c1-14(18-9-20-4-6-24-11-16(20)13-26-18)27-28(21,22)7-2-17-8-19-3-5-23-10-15(19)12-25-17/h14-18H,2-13H2,1H3/t14?,15?,16-,17?,18+/m0/s1. The molecule has 4 aliphatic heterocycles. The summed E-state index contributed by atoms with van der Waals surface area (Å²) in [7, 11) is -3.63. The van der Waals surface area contributed by atoms with Gasteiger partial charge in [0, 0.05) is 26.2 Å². The molecule has 0 aromatic rings. The summed E-state index contributed by atoms with van der Waals surface area (Å²) in [6, 6.07) is 0.562. The van der Waals surface area contributed by atoms with Gasteiger partial charge in [-0.1, -0.05) is 0 Å². The number of hydrogen-bond acceptors (Lipinski definition) is 9. The summed E-state index contributed by atoms with van der Waals surface area (Å²) >= 11 is 0. The lowest BCUT2D eigenvalue weighted by Crippen LogP contribution is -2.57. The predicted octanol–water partition coefficient (Wildman–Crippen LogP) is -0.689. The van der Waals surface area contributed by atoms with Gasteiger partial charge in [-0.2, -0.15) is 8.42 Å². The van der Waals surface area contributed by atoms with Crippen molar-refractivity contribution in [2.45, 2.75) is 43.7 Å². The molecular weight excluding hydrogens is 388 g/mol. The molecule has 4 fully saturated rings. The normalized spacial score (nSPS) is 36.5. The average Bonchev–Trinajstić information content (AvgIpc) is 2.71. The van der Waals surface area contributed by atoms with Crippen molar-refractivity contribution < 1.29 is 31.5 Å². The zero-order chi connectivity index (χ0) is 19.6. The Kier molecular flexibility index (Phi) is 6.89. The molecule has 9 nitrogen and oxygen atoms in total. The minimum atomic E-state index is -3.63. The molecular formula is C18H32N2O7S. The van der Waals surface area contributed by atoms with Crippen LogP contribution < -0.4 is 0 Å². The van der Waals surface area contributed by atoms with E-state index in [1.165, 1.54) is 0 Å². The summed E-state index contributed by atoms with van der Waals surface area (Å²) in [5.74, 6) is -0.0378. The Labute approximate surface area is 167 Å². The van der Waals surface area contributed by atoms with Crippen LogP contribution in [0.15, 0.2) is 0 Å². The van der Waals surface area contributed by atoms with Gasteiger partial charge >= 0.3 is 0 Å². The van der Waals surface area contributed by atoms with Gasteiger partial charge in [-0.15, -0.1) is 0 Å². The van der Waals surface area contributed by atoms with E-state index in [1.54, 1.807) is 6.92 Å². The molecule has 0 spiro atoms. The molecule has 0 saturated carbocycles. The summed E-state index contributed by atoms with van der Waals surface area (Å²) in [5, 5.41) is 0. The second-order valence-corrected chi connectivity index (χ2v) is 9.84. The summed E-state index contributed by atoms with van der Waals surface area (Å²) in [5.41, 5.74) is 0. The summed E-state index contributed by atoms with van der Waals surface area (Å²) in [6.45, 7) is 8.89. The van der Waals surface area contributed by atoms with Crippen molar-refractivity contribution in [2.75, 3.05) is 71.6 Å². The van der Waals surface area contributed by atoms with E-state index >= 15 is 0 Å². The number of morpholine rings is 4. The van der Waals surface area contributed by atoms with E-state index in [0.29, 0.717) is 52.0 Å². The number of nitrogens with zero attached hydrogens (tertiary/aromatic N) is 2. The third-order valence-corrected chi connectivity index (χ3v) is 7.42. The quantitative estimate of drug-likeness (QED) is 0.518. The van der Waals surface area contributed by atoms with Gasteiger partial charge in [0.1, 0.15) is 6.10 Å². The molecule has 0 radical (unpaired) electrons. The maximum atomic E-state index is 12.5. The Morgan fingerprint density at radius 2 is 1.61 bits per heavy atom. The fourth-order valence-corrected chi connectivity index (χ4v) is 5.56. The summed E-state index contributed by atoms with van der Waals surface area (Å²) in [6.07, 6.45) is -0.396. The van der Waals surface area contributed by atoms with Crippen molar-refractivity contribution in [3.63, 3.8) is 0 Å². The SMILES string of the molecule is CC(OS(=O)(=O)CCC1CN2CCOCC2CO1)[C@H]1CN2CCOC[C@H]2CO1. The van der Waals surface area contributed by atoms with Crippen molar-refractivity contribution >= 4 is 10.1 Å². The fraction of sp³-hybridized carbons (Fsp3) is 1.00. The van der Waals surface area contributed by atoms with E-state index in [-0.39, 0.29) is 24.0 Å². The van der Waals surface area contributed by atoms with Crippen molar-refractivity contribution in [3.8, 4) is 0 Å². The highest BCUT2D eigenvalue weighted by Crippen LogP contribution is 2.21. The van der Waals surface area contributed by atoms with Crippen molar-refractivity contribution in [2.24, 2.45) is 0 Å². The van der Waals surface area contributed by atoms with Gasteiger partial charge in [0.25, 0.3) is 10.1 Å². The van der Waals surface area contributed by atoms with Gasteiger partial charge in [-0.3, -0.25) is 14.0 Å². The smallest absolute Gasteiger partial charge is 0.267 e. The second-order valence-electron chi connectivity index (χ2n) is 8.13. The van der Waals surface area contributed by atoms with Crippen molar-refractivity contribution in [1.82, 2.24) is 9.80 Å². The van der Waals surface area contributed by atoms with Crippen molar-refractivity contribution in [3.05, 3.63) is 0 Å². The van der Waals surface area contributed by atoms with E-state index in [4.69, 9.17) is 23.1 Å². The minimum absolute atomic E-state index is 0.0378. The molecule has 0 aliphatic carbocycles. The van der Waals surface area contributed by atoms with Crippen LogP contribution in [0.3, 0.4) is 0 Å². The maximum Gasteiger partial charge on any atom is 0.267 e. The Morgan fingerprint density at radius 1 is 0.964 bits per heavy atom. The van der Waals surface area contributed by atoms with Gasteiger partial charge in [0.05, 0.1) is 69.7 Å². The lowest BCUT2D eigenvalue weighted by molar-refractivity contribution is -0.137. The van der Waals surface area contributed by atoms with E-state index in [0.717, 1.165) is 26.2 Å². The van der Waals surface area contributed by atoms with Crippen LogP contribution in [0.2, 0.25) is 0 Å². The number of rotatable bonds is 6. The third-order valence-electron chi connectivity index (χ3n) is 6.09. The number of hydrogen-bond donors (Lipinski definition) is 0. The molecule has 0 N–H and O–H groups in total. The molecule has 0 aromatic heterocycles. The summed E-state index contributed by atoms with van der Waals surface area (Å²) < 4.78 is 53.1. The Morgan fingerprint density at radius 3 is 2.32 bits per heavy atom. The summed E-state index contributed by atoms with van der Waals surface area (Å²) in [4.78, 5) is 4.64. The zero-order valence-corrected chi connectivity index (χ0v) is 17.3. The Hall–Kier alpha value is -0.330. The van der Waals surface area contributed by atoms with Gasteiger partial charge in [-0.05, 0) is 13.3 Å². The van der Waals surface area contributed by atoms with E-state index in [2.05, 4.69) is 9.80 Å². The molecule has 0 bridgehead atoms. The van der Waals surface area contributed by atoms with E-state index in [1.807, 2.05) is 0 Å². The first kappa shape index (κ1) is 20.9. The van der Waals surface area contributed by atoms with E-state index in [9.17, 15) is 8.42 Å². The van der Waals surface area contributed by atoms with Crippen LogP contribution in [0.25, 0.3) is 0 Å². The molecule has 28 heavy (non-hydrogen) atoms. The molecule has 4 rings (SSSR count). The van der Waals surface area contributed by atoms with Crippen LogP contribution in [-0.4, -0.2) is 120 Å². The fourth-order valence-electron chi connectivity index (χ4n) is 4.32. The molecule has 4 aliphatic rings. The van der Waals surface area contributed by atoms with Crippen LogP contribution >= 0.6 is 0 Å². The van der Waals surface area contributed by atoms with Crippen LogP contribution in [-0.2, 0) is 33.2 Å². The van der Waals surface area contributed by atoms with Gasteiger partial charge in [-0.25, -0.2) is 0 Å². The van der Waals surface area contributed by atoms with Crippen LogP contribution in [0.4, 0.5) is 0 Å². The molecule has 10 heteroatoms. The maximum absolute atomic E-state index is 12.5. The molecule has 4 heterocycles. The lowest BCUT2D eigenvalue weighted by Gasteiger charge is -2.43. The minimum Gasteiger partial charge on any atom is -0.378 e. The Balaban J connectivity index is 1.22. The van der Waals surface area contributed by atoms with Gasteiger partial charge < -0.3 is 18.9 Å². The molecule has 0 aromatic carbocycles. The third kappa shape index (κ3) is 5.23. The molecule has 4 saturated heterocycles. The highest BCUT2D eigenvalue weighted by Gasteiger charge is 2.36. The first-order valence-corrected chi connectivity index (χ1v) is 11.9. The molecule has 3 unspecified atom stereocenters. The zero-order valence-electron chi connectivity index (χ0n) is 16.5. The molecule has 5 atom stereocenters. The topological polar surface area (TPSA) is 86.8 Å². The van der Waals surface area contributed by atoms with Crippen LogP contribution in [0, 0.1) is 0 Å². The van der Waals surface area contributed by atoms with E-state index < -0.39 is 16.2 Å². The lowest BCUT2D eigenvalue weighted by atomic mass is 10.1. The predicted molar refractivity (Wildman–Crippen MR) is 101 cm³/mol. The Bertz CT molecular complexity index is 619. The molecule has 162 valence electrons. The number of ether oxygens (including phenoxy) is 4. The number of fused-ring (bicyclic) bond motifs is 2. The van der Waals surface area contributed by atoms with Gasteiger partial charge in [0.15, 0.2) is 0 Å². The largest absolute Gasteiger partial charge is 0.378 e. The highest BCUT2D eigenvalue weighted by atomic mass is 32.2. The first-order chi connectivity index (χ1) is 13.5.